The molecule has 0 spiro atoms. The average molecular weight is 437 g/mol. The van der Waals surface area contributed by atoms with Crippen LogP contribution in [-0.2, 0) is 9.53 Å². The molecule has 0 bridgehead atoms. The summed E-state index contributed by atoms with van der Waals surface area (Å²) < 4.78 is 5.30. The number of aliphatic carboxylic acids is 1. The predicted octanol–water partition coefficient (Wildman–Crippen LogP) is 1.98. The van der Waals surface area contributed by atoms with E-state index in [0.717, 1.165) is 38.5 Å². The van der Waals surface area contributed by atoms with E-state index in [1.54, 1.807) is 0 Å². The second-order valence-electron chi connectivity index (χ2n) is 8.11. The molecule has 0 aromatic carbocycles. The first-order valence-electron chi connectivity index (χ1n) is 11.5. The number of rotatable bonds is 22. The van der Waals surface area contributed by atoms with Crippen LogP contribution in [0.25, 0.3) is 0 Å². The maximum absolute atomic E-state index is 10.4. The van der Waals surface area contributed by atoms with Crippen LogP contribution in [0.15, 0.2) is 0 Å². The number of aliphatic hydroxyl groups is 5. The van der Waals surface area contributed by atoms with Crippen molar-refractivity contribution in [2.24, 2.45) is 0 Å². The molecule has 0 radical (unpaired) electrons. The van der Waals surface area contributed by atoms with Gasteiger partial charge < -0.3 is 35.4 Å². The molecule has 0 aromatic rings. The van der Waals surface area contributed by atoms with Crippen molar-refractivity contribution in [3.05, 3.63) is 0 Å². The SMILES string of the molecule is O=C(O)CCCCCCCCCCCCCCCOC[C@H](O)[C@@H](O)[C@H](O)[C@H](O)CO. The van der Waals surface area contributed by atoms with Gasteiger partial charge in [-0.25, -0.2) is 0 Å². The fourth-order valence-electron chi connectivity index (χ4n) is 3.29. The molecular formula is C22H44O8. The minimum Gasteiger partial charge on any atom is -0.481 e. The van der Waals surface area contributed by atoms with Crippen molar-refractivity contribution in [2.45, 2.75) is 114 Å². The quantitative estimate of drug-likeness (QED) is 0.141. The van der Waals surface area contributed by atoms with Gasteiger partial charge in [0, 0.05) is 13.0 Å². The third kappa shape index (κ3) is 17.0. The Morgan fingerprint density at radius 1 is 0.633 bits per heavy atom. The molecule has 0 heterocycles. The van der Waals surface area contributed by atoms with Crippen LogP contribution < -0.4 is 0 Å². The summed E-state index contributed by atoms with van der Waals surface area (Å²) >= 11 is 0. The second-order valence-corrected chi connectivity index (χ2v) is 8.11. The first-order chi connectivity index (χ1) is 14.4. The fourth-order valence-corrected chi connectivity index (χ4v) is 3.29. The standard InChI is InChI=1S/C22H44O8/c23-16-18(24)21(28)22(29)19(25)17-30-15-13-11-9-7-5-3-1-2-4-6-8-10-12-14-20(26)27/h18-19,21-25,28-29H,1-17H2,(H,26,27)/t18-,19+,21-,22-/m1/s1. The molecule has 0 rings (SSSR count). The molecule has 0 saturated carbocycles. The molecule has 0 aliphatic heterocycles. The first-order valence-corrected chi connectivity index (χ1v) is 11.5. The molecule has 180 valence electrons. The lowest BCUT2D eigenvalue weighted by atomic mass is 10.0. The maximum atomic E-state index is 10.4. The molecule has 6 N–H and O–H groups in total. The van der Waals surface area contributed by atoms with Crippen molar-refractivity contribution in [1.29, 1.82) is 0 Å². The lowest BCUT2D eigenvalue weighted by Gasteiger charge is -2.25. The molecule has 8 nitrogen and oxygen atoms in total. The van der Waals surface area contributed by atoms with Gasteiger partial charge in [0.15, 0.2) is 0 Å². The van der Waals surface area contributed by atoms with Crippen molar-refractivity contribution in [2.75, 3.05) is 19.8 Å². The van der Waals surface area contributed by atoms with Gasteiger partial charge in [-0.15, -0.1) is 0 Å². The van der Waals surface area contributed by atoms with Gasteiger partial charge in [-0.3, -0.25) is 4.79 Å². The number of hydrogen-bond acceptors (Lipinski definition) is 7. The summed E-state index contributed by atoms with van der Waals surface area (Å²) in [7, 11) is 0. The highest BCUT2D eigenvalue weighted by molar-refractivity contribution is 5.66. The number of aliphatic hydroxyl groups excluding tert-OH is 5. The minimum absolute atomic E-state index is 0.129. The van der Waals surface area contributed by atoms with Crippen molar-refractivity contribution in [3.8, 4) is 0 Å². The van der Waals surface area contributed by atoms with Gasteiger partial charge in [0.2, 0.25) is 0 Å². The zero-order chi connectivity index (χ0) is 22.6. The highest BCUT2D eigenvalue weighted by Crippen LogP contribution is 2.13. The molecular weight excluding hydrogens is 392 g/mol. The summed E-state index contributed by atoms with van der Waals surface area (Å²) in [5.41, 5.74) is 0. The van der Waals surface area contributed by atoms with Gasteiger partial charge in [0.1, 0.15) is 24.4 Å². The first kappa shape index (κ1) is 29.2. The molecule has 0 amide bonds. The molecule has 0 fully saturated rings. The van der Waals surface area contributed by atoms with Crippen LogP contribution in [0.1, 0.15) is 89.9 Å². The maximum Gasteiger partial charge on any atom is 0.303 e. The molecule has 0 aliphatic rings. The van der Waals surface area contributed by atoms with Gasteiger partial charge in [0.05, 0.1) is 13.2 Å². The molecule has 0 saturated heterocycles. The Labute approximate surface area is 180 Å². The van der Waals surface area contributed by atoms with Crippen molar-refractivity contribution < 1.29 is 40.2 Å². The Bertz CT molecular complexity index is 393. The van der Waals surface area contributed by atoms with Crippen molar-refractivity contribution in [3.63, 3.8) is 0 Å². The lowest BCUT2D eigenvalue weighted by molar-refractivity contribution is -0.137. The van der Waals surface area contributed by atoms with E-state index in [4.69, 9.17) is 14.9 Å². The van der Waals surface area contributed by atoms with Crippen LogP contribution in [0, 0.1) is 0 Å². The van der Waals surface area contributed by atoms with Crippen LogP contribution in [0.4, 0.5) is 0 Å². The lowest BCUT2D eigenvalue weighted by Crippen LogP contribution is -2.47. The van der Waals surface area contributed by atoms with Crippen molar-refractivity contribution >= 4 is 5.97 Å². The van der Waals surface area contributed by atoms with Crippen molar-refractivity contribution in [1.82, 2.24) is 0 Å². The van der Waals surface area contributed by atoms with E-state index >= 15 is 0 Å². The molecule has 4 atom stereocenters. The number of carboxylic acids is 1. The fraction of sp³-hybridized carbons (Fsp3) is 0.955. The summed E-state index contributed by atoms with van der Waals surface area (Å²) in [4.78, 5) is 10.4. The largest absolute Gasteiger partial charge is 0.481 e. The van der Waals surface area contributed by atoms with Crippen LogP contribution in [0.5, 0.6) is 0 Å². The summed E-state index contributed by atoms with van der Waals surface area (Å²) in [5.74, 6) is -0.700. The Morgan fingerprint density at radius 3 is 1.47 bits per heavy atom. The van der Waals surface area contributed by atoms with E-state index in [0.29, 0.717) is 6.61 Å². The minimum atomic E-state index is -1.61. The summed E-state index contributed by atoms with van der Waals surface area (Å²) in [6.07, 6.45) is 8.93. The molecule has 0 aromatic heterocycles. The Morgan fingerprint density at radius 2 is 1.03 bits per heavy atom. The van der Waals surface area contributed by atoms with Gasteiger partial charge in [-0.1, -0.05) is 70.6 Å². The van der Waals surface area contributed by atoms with Crippen LogP contribution >= 0.6 is 0 Å². The molecule has 8 heteroatoms. The van der Waals surface area contributed by atoms with Gasteiger partial charge >= 0.3 is 5.97 Å². The number of carbonyl (C=O) groups is 1. The number of unbranched alkanes of at least 4 members (excludes halogenated alkanes) is 12. The van der Waals surface area contributed by atoms with E-state index in [9.17, 15) is 25.2 Å². The highest BCUT2D eigenvalue weighted by Gasteiger charge is 2.29. The van der Waals surface area contributed by atoms with Crippen LogP contribution in [0.2, 0.25) is 0 Å². The van der Waals surface area contributed by atoms with E-state index in [2.05, 4.69) is 0 Å². The molecule has 0 unspecified atom stereocenters. The van der Waals surface area contributed by atoms with Crippen LogP contribution in [0.3, 0.4) is 0 Å². The van der Waals surface area contributed by atoms with Gasteiger partial charge in [-0.2, -0.15) is 0 Å². The Balaban J connectivity index is 3.32. The van der Waals surface area contributed by atoms with E-state index in [-0.39, 0.29) is 13.0 Å². The number of hydrogen-bond donors (Lipinski definition) is 6. The smallest absolute Gasteiger partial charge is 0.303 e. The summed E-state index contributed by atoms with van der Waals surface area (Å²) in [5, 5.41) is 55.4. The highest BCUT2D eigenvalue weighted by atomic mass is 16.5. The normalized spacial score (nSPS) is 15.6. The Kier molecular flexibility index (Phi) is 19.6. The zero-order valence-electron chi connectivity index (χ0n) is 18.3. The van der Waals surface area contributed by atoms with Gasteiger partial charge in [0.25, 0.3) is 0 Å². The summed E-state index contributed by atoms with van der Waals surface area (Å²) in [6, 6.07) is 0. The number of carboxylic acid groups (broad SMARTS) is 1. The van der Waals surface area contributed by atoms with E-state index in [1.807, 2.05) is 0 Å². The number of ether oxygens (including phenoxy) is 1. The monoisotopic (exact) mass is 436 g/mol. The molecule has 0 aliphatic carbocycles. The van der Waals surface area contributed by atoms with Gasteiger partial charge in [-0.05, 0) is 12.8 Å². The third-order valence-corrected chi connectivity index (χ3v) is 5.29. The second kappa shape index (κ2) is 20.2. The molecule has 30 heavy (non-hydrogen) atoms. The zero-order valence-corrected chi connectivity index (χ0v) is 18.3. The van der Waals surface area contributed by atoms with E-state index in [1.165, 1.54) is 44.9 Å². The Hall–Kier alpha value is -0.770. The topological polar surface area (TPSA) is 148 Å². The predicted molar refractivity (Wildman–Crippen MR) is 114 cm³/mol. The third-order valence-electron chi connectivity index (χ3n) is 5.29. The van der Waals surface area contributed by atoms with Crippen LogP contribution in [-0.4, -0.2) is 80.8 Å². The van der Waals surface area contributed by atoms with E-state index < -0.39 is 37.0 Å². The average Bonchev–Trinajstić information content (AvgIpc) is 2.73. The summed E-state index contributed by atoms with van der Waals surface area (Å²) in [6.45, 7) is -0.354.